The van der Waals surface area contributed by atoms with Gasteiger partial charge < -0.3 is 10.5 Å². The van der Waals surface area contributed by atoms with Crippen molar-refractivity contribution in [1.82, 2.24) is 0 Å². The lowest BCUT2D eigenvalue weighted by molar-refractivity contribution is -0.143. The minimum absolute atomic E-state index is 0. The molecule has 0 radical (unpaired) electrons. The molecular weight excluding hydrogens is 340 g/mol. The summed E-state index contributed by atoms with van der Waals surface area (Å²) in [5, 5.41) is 0. The van der Waals surface area contributed by atoms with Crippen LogP contribution in [0.2, 0.25) is 0 Å². The molecule has 1 rings (SSSR count). The van der Waals surface area contributed by atoms with Gasteiger partial charge in [-0.05, 0) is 47.2 Å². The van der Waals surface area contributed by atoms with Crippen molar-refractivity contribution in [3.8, 4) is 0 Å². The van der Waals surface area contributed by atoms with E-state index in [0.29, 0.717) is 6.61 Å². The third kappa shape index (κ3) is 5.14. The molecule has 0 aliphatic carbocycles. The van der Waals surface area contributed by atoms with Crippen LogP contribution < -0.4 is 5.73 Å². The summed E-state index contributed by atoms with van der Waals surface area (Å²) >= 11 is 2.22. The number of esters is 1. The van der Waals surface area contributed by atoms with Crippen LogP contribution in [0.5, 0.6) is 0 Å². The number of hydrogen-bond acceptors (Lipinski definition) is 3. The van der Waals surface area contributed by atoms with Crippen LogP contribution in [0.15, 0.2) is 24.3 Å². The van der Waals surface area contributed by atoms with Gasteiger partial charge in [0, 0.05) is 9.61 Å². The molecule has 1 atom stereocenters. The van der Waals surface area contributed by atoms with Crippen molar-refractivity contribution < 1.29 is 9.53 Å². The topological polar surface area (TPSA) is 52.3 Å². The van der Waals surface area contributed by atoms with Crippen molar-refractivity contribution >= 4 is 41.0 Å². The van der Waals surface area contributed by atoms with Crippen LogP contribution >= 0.6 is 35.0 Å². The molecule has 16 heavy (non-hydrogen) atoms. The molecule has 0 aliphatic heterocycles. The van der Waals surface area contributed by atoms with Crippen LogP contribution in [0.1, 0.15) is 24.9 Å². The van der Waals surface area contributed by atoms with Crippen molar-refractivity contribution in [1.29, 1.82) is 0 Å². The van der Waals surface area contributed by atoms with Crippen molar-refractivity contribution in [2.75, 3.05) is 6.61 Å². The number of carbonyl (C=O) groups is 1. The Bertz CT molecular complexity index is 347. The minimum atomic E-state index is -0.279. The summed E-state index contributed by atoms with van der Waals surface area (Å²) in [5.41, 5.74) is 6.86. The quantitative estimate of drug-likeness (QED) is 0.667. The van der Waals surface area contributed by atoms with E-state index in [1.54, 1.807) is 6.92 Å². The first-order valence-corrected chi connectivity index (χ1v) is 5.88. The maximum Gasteiger partial charge on any atom is 0.307 e. The Hall–Kier alpha value is -0.330. The summed E-state index contributed by atoms with van der Waals surface area (Å²) in [6, 6.07) is 7.54. The highest BCUT2D eigenvalue weighted by molar-refractivity contribution is 14.1. The molecule has 90 valence electrons. The second kappa shape index (κ2) is 7.86. The minimum Gasteiger partial charge on any atom is -0.466 e. The van der Waals surface area contributed by atoms with Crippen molar-refractivity contribution in [2.24, 2.45) is 5.73 Å². The summed E-state index contributed by atoms with van der Waals surface area (Å²) in [6.07, 6.45) is 0.230. The second-order valence-corrected chi connectivity index (χ2v) is 4.42. The average molecular weight is 356 g/mol. The maximum absolute atomic E-state index is 11.2. The number of carbonyl (C=O) groups excluding carboxylic acids is 1. The smallest absolute Gasteiger partial charge is 0.307 e. The van der Waals surface area contributed by atoms with E-state index < -0.39 is 0 Å². The van der Waals surface area contributed by atoms with Gasteiger partial charge in [-0.2, -0.15) is 0 Å². The summed E-state index contributed by atoms with van der Waals surface area (Å²) in [7, 11) is 0. The molecule has 5 heteroatoms. The summed E-state index contributed by atoms with van der Waals surface area (Å²) in [5.74, 6) is -0.246. The van der Waals surface area contributed by atoms with E-state index in [-0.39, 0.29) is 30.8 Å². The number of halogens is 2. The van der Waals surface area contributed by atoms with Crippen molar-refractivity contribution in [3.63, 3.8) is 0 Å². The largest absolute Gasteiger partial charge is 0.466 e. The van der Waals surface area contributed by atoms with Gasteiger partial charge in [0.25, 0.3) is 0 Å². The molecule has 1 aromatic carbocycles. The van der Waals surface area contributed by atoms with Gasteiger partial charge in [0.2, 0.25) is 0 Å². The monoisotopic (exact) mass is 355 g/mol. The molecule has 0 amide bonds. The third-order valence-corrected chi connectivity index (χ3v) is 2.64. The molecule has 2 N–H and O–H groups in total. The van der Waals surface area contributed by atoms with E-state index in [2.05, 4.69) is 22.6 Å². The fourth-order valence-electron chi connectivity index (χ4n) is 1.25. The Labute approximate surface area is 115 Å². The standard InChI is InChI=1S/C11H14INO2.ClH/c1-2-15-11(14)7-10(13)8-4-3-5-9(12)6-8;/h3-6,10H,2,7,13H2,1H3;1H/t10-;/m1./s1. The van der Waals surface area contributed by atoms with Crippen LogP contribution in [-0.2, 0) is 9.53 Å². The predicted octanol–water partition coefficient (Wildman–Crippen LogP) is 2.67. The van der Waals surface area contributed by atoms with E-state index in [9.17, 15) is 4.79 Å². The number of benzene rings is 1. The first-order chi connectivity index (χ1) is 7.13. The molecule has 0 saturated carbocycles. The van der Waals surface area contributed by atoms with Gasteiger partial charge in [0.15, 0.2) is 0 Å². The second-order valence-electron chi connectivity index (χ2n) is 3.17. The Balaban J connectivity index is 0.00000225. The van der Waals surface area contributed by atoms with Crippen LogP contribution in [0.25, 0.3) is 0 Å². The van der Waals surface area contributed by atoms with E-state index in [0.717, 1.165) is 9.13 Å². The van der Waals surface area contributed by atoms with Gasteiger partial charge in [-0.15, -0.1) is 12.4 Å². The van der Waals surface area contributed by atoms with Crippen LogP contribution in [0, 0.1) is 3.57 Å². The maximum atomic E-state index is 11.2. The van der Waals surface area contributed by atoms with Crippen LogP contribution in [0.4, 0.5) is 0 Å². The van der Waals surface area contributed by atoms with Crippen LogP contribution in [-0.4, -0.2) is 12.6 Å². The van der Waals surface area contributed by atoms with Gasteiger partial charge in [-0.3, -0.25) is 4.79 Å². The first kappa shape index (κ1) is 15.7. The molecule has 0 fully saturated rings. The van der Waals surface area contributed by atoms with E-state index >= 15 is 0 Å². The number of ether oxygens (including phenoxy) is 1. The van der Waals surface area contributed by atoms with Gasteiger partial charge >= 0.3 is 5.97 Å². The highest BCUT2D eigenvalue weighted by atomic mass is 127. The Morgan fingerprint density at radius 1 is 1.56 bits per heavy atom. The van der Waals surface area contributed by atoms with Crippen molar-refractivity contribution in [2.45, 2.75) is 19.4 Å². The predicted molar refractivity (Wildman–Crippen MR) is 74.6 cm³/mol. The van der Waals surface area contributed by atoms with Crippen LogP contribution in [0.3, 0.4) is 0 Å². The summed E-state index contributed by atoms with van der Waals surface area (Å²) in [4.78, 5) is 11.2. The molecule has 0 aliphatic rings. The van der Waals surface area contributed by atoms with Crippen molar-refractivity contribution in [3.05, 3.63) is 33.4 Å². The Morgan fingerprint density at radius 2 is 2.25 bits per heavy atom. The Kier molecular flexibility index (Phi) is 7.70. The zero-order chi connectivity index (χ0) is 11.3. The zero-order valence-corrected chi connectivity index (χ0v) is 12.0. The molecule has 3 nitrogen and oxygen atoms in total. The summed E-state index contributed by atoms with van der Waals surface area (Å²) < 4.78 is 5.96. The molecular formula is C11H15ClINO2. The normalized spacial score (nSPS) is 11.4. The van der Waals surface area contributed by atoms with E-state index in [4.69, 9.17) is 10.5 Å². The molecule has 1 aromatic rings. The van der Waals surface area contributed by atoms with E-state index in [1.807, 2.05) is 24.3 Å². The molecule has 0 bridgehead atoms. The molecule has 0 heterocycles. The molecule has 0 unspecified atom stereocenters. The van der Waals surface area contributed by atoms with Gasteiger partial charge in [0.05, 0.1) is 13.0 Å². The fourth-order valence-corrected chi connectivity index (χ4v) is 1.82. The fraction of sp³-hybridized carbons (Fsp3) is 0.364. The van der Waals surface area contributed by atoms with Gasteiger partial charge in [0.1, 0.15) is 0 Å². The van der Waals surface area contributed by atoms with E-state index in [1.165, 1.54) is 0 Å². The lowest BCUT2D eigenvalue weighted by Crippen LogP contribution is -2.17. The average Bonchev–Trinajstić information content (AvgIpc) is 2.18. The number of rotatable bonds is 4. The molecule has 0 saturated heterocycles. The zero-order valence-electron chi connectivity index (χ0n) is 8.98. The SMILES string of the molecule is CCOC(=O)C[C@@H](N)c1cccc(I)c1.Cl. The highest BCUT2D eigenvalue weighted by Crippen LogP contribution is 2.17. The lowest BCUT2D eigenvalue weighted by atomic mass is 10.1. The van der Waals surface area contributed by atoms with Gasteiger partial charge in [-0.1, -0.05) is 12.1 Å². The Morgan fingerprint density at radius 3 is 2.81 bits per heavy atom. The first-order valence-electron chi connectivity index (χ1n) is 4.80. The third-order valence-electron chi connectivity index (χ3n) is 1.97. The summed E-state index contributed by atoms with van der Waals surface area (Å²) in [6.45, 7) is 2.19. The van der Waals surface area contributed by atoms with Gasteiger partial charge in [-0.25, -0.2) is 0 Å². The molecule has 0 spiro atoms. The number of hydrogen-bond donors (Lipinski definition) is 1. The molecule has 0 aromatic heterocycles. The number of nitrogens with two attached hydrogens (primary N) is 1. The highest BCUT2D eigenvalue weighted by Gasteiger charge is 2.12. The lowest BCUT2D eigenvalue weighted by Gasteiger charge is -2.11.